The third kappa shape index (κ3) is 5.16. The zero-order chi connectivity index (χ0) is 8.85. The van der Waals surface area contributed by atoms with Gasteiger partial charge in [0.05, 0.1) is 0 Å². The van der Waals surface area contributed by atoms with Crippen molar-refractivity contribution in [3.63, 3.8) is 0 Å². The molecule has 0 radical (unpaired) electrons. The minimum absolute atomic E-state index is 0. The maximum Gasteiger partial charge on any atom is 0.246 e. The van der Waals surface area contributed by atoms with E-state index in [1.54, 1.807) is 13.0 Å². The number of hydrogen-bond donors (Lipinski definition) is 2. The summed E-state index contributed by atoms with van der Waals surface area (Å²) in [5.74, 6) is -0.0366. The van der Waals surface area contributed by atoms with E-state index in [9.17, 15) is 4.79 Å². The Morgan fingerprint density at radius 3 is 2.50 bits per heavy atom. The van der Waals surface area contributed by atoms with Gasteiger partial charge in [0.2, 0.25) is 5.91 Å². The van der Waals surface area contributed by atoms with Crippen LogP contribution in [0, 0.1) is 0 Å². The fraction of sp³-hybridized carbons (Fsp3) is 0.625. The van der Waals surface area contributed by atoms with Crippen molar-refractivity contribution < 1.29 is 4.79 Å². The Morgan fingerprint density at radius 1 is 1.67 bits per heavy atom. The molecule has 0 aliphatic rings. The summed E-state index contributed by atoms with van der Waals surface area (Å²) in [6.45, 7) is 5.96. The fourth-order valence-corrected chi connectivity index (χ4v) is 0.528. The molecule has 0 aliphatic carbocycles. The van der Waals surface area contributed by atoms with E-state index in [0.29, 0.717) is 6.54 Å². The maximum atomic E-state index is 11.1. The minimum Gasteiger partial charge on any atom is -0.349 e. The van der Waals surface area contributed by atoms with Gasteiger partial charge in [-0.2, -0.15) is 0 Å². The second-order valence-corrected chi connectivity index (χ2v) is 2.58. The van der Waals surface area contributed by atoms with Crippen molar-refractivity contribution in [1.29, 1.82) is 0 Å². The molecule has 0 aromatic heterocycles. The summed E-state index contributed by atoms with van der Waals surface area (Å²) >= 11 is 0. The molecule has 0 aliphatic heterocycles. The molecule has 0 spiro atoms. The van der Waals surface area contributed by atoms with Gasteiger partial charge in [-0.15, -0.1) is 12.4 Å². The van der Waals surface area contributed by atoms with E-state index in [4.69, 9.17) is 5.73 Å². The van der Waals surface area contributed by atoms with Crippen LogP contribution in [-0.4, -0.2) is 18.5 Å². The van der Waals surface area contributed by atoms with Crippen LogP contribution in [-0.2, 0) is 4.79 Å². The number of carbonyl (C=O) groups excluding carboxylic acids is 1. The Labute approximate surface area is 79.8 Å². The molecule has 0 heterocycles. The van der Waals surface area contributed by atoms with Gasteiger partial charge in [0.1, 0.15) is 0 Å². The van der Waals surface area contributed by atoms with Gasteiger partial charge in [0.25, 0.3) is 0 Å². The summed E-state index contributed by atoms with van der Waals surface area (Å²) in [4.78, 5) is 11.1. The van der Waals surface area contributed by atoms with Crippen LogP contribution in [0.4, 0.5) is 0 Å². The van der Waals surface area contributed by atoms with E-state index in [2.05, 4.69) is 5.32 Å². The summed E-state index contributed by atoms with van der Waals surface area (Å²) in [5.41, 5.74) is 6.05. The molecular formula is C8H17ClN2O. The summed E-state index contributed by atoms with van der Waals surface area (Å²) in [7, 11) is 0. The largest absolute Gasteiger partial charge is 0.349 e. The van der Waals surface area contributed by atoms with Crippen LogP contribution >= 0.6 is 12.4 Å². The quantitative estimate of drug-likeness (QED) is 0.652. The highest BCUT2D eigenvalue weighted by atomic mass is 35.5. The van der Waals surface area contributed by atoms with Gasteiger partial charge in [-0.05, 0) is 20.8 Å². The highest BCUT2D eigenvalue weighted by Gasteiger charge is 2.05. The molecule has 0 fully saturated rings. The number of hydrogen-bond acceptors (Lipinski definition) is 2. The van der Waals surface area contributed by atoms with Crippen LogP contribution in [0.2, 0.25) is 0 Å². The number of carbonyl (C=O) groups is 1. The Morgan fingerprint density at radius 2 is 2.17 bits per heavy atom. The van der Waals surface area contributed by atoms with Gasteiger partial charge in [0.15, 0.2) is 0 Å². The van der Waals surface area contributed by atoms with E-state index >= 15 is 0 Å². The lowest BCUT2D eigenvalue weighted by Gasteiger charge is -2.10. The highest BCUT2D eigenvalue weighted by molar-refractivity contribution is 5.92. The van der Waals surface area contributed by atoms with Gasteiger partial charge >= 0.3 is 0 Å². The van der Waals surface area contributed by atoms with Crippen LogP contribution < -0.4 is 11.1 Å². The predicted octanol–water partition coefficient (Wildman–Crippen LogP) is 0.838. The molecule has 0 saturated carbocycles. The van der Waals surface area contributed by atoms with Gasteiger partial charge < -0.3 is 11.1 Å². The standard InChI is InChI=1S/C8H16N2O.ClH/c1-4-6(2)8(11)10-7(3)5-9;/h4,7H,5,9H2,1-3H3,(H,10,11);1H/b6-4-;/t7-;/m1./s1. The molecule has 0 bridgehead atoms. The zero-order valence-electron chi connectivity index (χ0n) is 7.76. The molecule has 0 unspecified atom stereocenters. The second-order valence-electron chi connectivity index (χ2n) is 2.58. The molecule has 0 saturated heterocycles. The molecule has 1 atom stereocenters. The van der Waals surface area contributed by atoms with Crippen LogP contribution in [0.25, 0.3) is 0 Å². The van der Waals surface area contributed by atoms with E-state index in [-0.39, 0.29) is 24.4 Å². The highest BCUT2D eigenvalue weighted by Crippen LogP contribution is 1.91. The summed E-state index contributed by atoms with van der Waals surface area (Å²) in [6.07, 6.45) is 1.78. The molecule has 72 valence electrons. The van der Waals surface area contributed by atoms with Crippen LogP contribution in [0.3, 0.4) is 0 Å². The van der Waals surface area contributed by atoms with E-state index < -0.39 is 0 Å². The Kier molecular flexibility index (Phi) is 8.32. The van der Waals surface area contributed by atoms with Crippen molar-refractivity contribution in [1.82, 2.24) is 5.32 Å². The van der Waals surface area contributed by atoms with Gasteiger partial charge in [0, 0.05) is 18.2 Å². The topological polar surface area (TPSA) is 55.1 Å². The van der Waals surface area contributed by atoms with Gasteiger partial charge in [-0.1, -0.05) is 6.08 Å². The average Bonchev–Trinajstić information content (AvgIpc) is 2.02. The van der Waals surface area contributed by atoms with Crippen LogP contribution in [0.15, 0.2) is 11.6 Å². The Bertz CT molecular complexity index is 168. The average molecular weight is 193 g/mol. The number of rotatable bonds is 3. The van der Waals surface area contributed by atoms with Crippen molar-refractivity contribution in [2.75, 3.05) is 6.54 Å². The molecule has 1 amide bonds. The lowest BCUT2D eigenvalue weighted by atomic mass is 10.2. The number of nitrogens with two attached hydrogens (primary N) is 1. The van der Waals surface area contributed by atoms with E-state index in [0.717, 1.165) is 5.57 Å². The fourth-order valence-electron chi connectivity index (χ4n) is 0.528. The van der Waals surface area contributed by atoms with Crippen LogP contribution in [0.5, 0.6) is 0 Å². The Balaban J connectivity index is 0. The first-order chi connectivity index (χ1) is 5.11. The molecule has 0 aromatic carbocycles. The third-order valence-corrected chi connectivity index (χ3v) is 1.52. The zero-order valence-corrected chi connectivity index (χ0v) is 8.57. The minimum atomic E-state index is -0.0366. The molecular weight excluding hydrogens is 176 g/mol. The Hall–Kier alpha value is -0.540. The molecule has 0 aromatic rings. The van der Waals surface area contributed by atoms with Crippen molar-refractivity contribution in [3.05, 3.63) is 11.6 Å². The second kappa shape index (κ2) is 7.13. The lowest BCUT2D eigenvalue weighted by molar-refractivity contribution is -0.117. The molecule has 3 nitrogen and oxygen atoms in total. The van der Waals surface area contributed by atoms with Gasteiger partial charge in [-0.25, -0.2) is 0 Å². The van der Waals surface area contributed by atoms with Crippen molar-refractivity contribution in [2.45, 2.75) is 26.8 Å². The predicted molar refractivity (Wildman–Crippen MR) is 53.3 cm³/mol. The first-order valence-corrected chi connectivity index (χ1v) is 3.75. The number of amides is 1. The van der Waals surface area contributed by atoms with Crippen LogP contribution in [0.1, 0.15) is 20.8 Å². The summed E-state index contributed by atoms with van der Waals surface area (Å²) in [5, 5.41) is 2.75. The summed E-state index contributed by atoms with van der Waals surface area (Å²) < 4.78 is 0. The normalized spacial score (nSPS) is 13.2. The number of nitrogens with one attached hydrogen (secondary N) is 1. The molecule has 4 heteroatoms. The van der Waals surface area contributed by atoms with Crippen molar-refractivity contribution in [3.8, 4) is 0 Å². The lowest BCUT2D eigenvalue weighted by Crippen LogP contribution is -2.38. The summed E-state index contributed by atoms with van der Waals surface area (Å²) in [6, 6.07) is 0.0531. The third-order valence-electron chi connectivity index (χ3n) is 1.52. The van der Waals surface area contributed by atoms with Crippen molar-refractivity contribution in [2.24, 2.45) is 5.73 Å². The first-order valence-electron chi connectivity index (χ1n) is 3.75. The molecule has 3 N–H and O–H groups in total. The molecule has 12 heavy (non-hydrogen) atoms. The number of allylic oxidation sites excluding steroid dienone is 1. The van der Waals surface area contributed by atoms with Gasteiger partial charge in [-0.3, -0.25) is 4.79 Å². The molecule has 0 rings (SSSR count). The smallest absolute Gasteiger partial charge is 0.246 e. The van der Waals surface area contributed by atoms with E-state index in [1.807, 2.05) is 13.8 Å². The SMILES string of the molecule is C/C=C(/C)C(=O)N[C@H](C)CN.Cl. The monoisotopic (exact) mass is 192 g/mol. The first kappa shape index (κ1) is 14.0. The maximum absolute atomic E-state index is 11.1. The van der Waals surface area contributed by atoms with Crippen molar-refractivity contribution >= 4 is 18.3 Å². The van der Waals surface area contributed by atoms with E-state index in [1.165, 1.54) is 0 Å². The number of halogens is 1.